The number of nitriles is 1. The molecule has 3 heteroatoms. The third kappa shape index (κ3) is 1.83. The largest absolute Gasteiger partial charge is 0.298 e. The summed E-state index contributed by atoms with van der Waals surface area (Å²) in [6, 6.07) is 7.92. The Morgan fingerprint density at radius 2 is 2.12 bits per heavy atom. The summed E-state index contributed by atoms with van der Waals surface area (Å²) in [6.07, 6.45) is 2.71. The van der Waals surface area contributed by atoms with E-state index < -0.39 is 11.7 Å². The maximum absolute atomic E-state index is 13.5. The Balaban J connectivity index is 2.26. The molecule has 16 heavy (non-hydrogen) atoms. The molecular formula is C13H12FNO. The van der Waals surface area contributed by atoms with E-state index in [1.165, 1.54) is 12.1 Å². The fraction of sp³-hybridized carbons (Fsp3) is 0.385. The second-order valence-electron chi connectivity index (χ2n) is 4.11. The number of rotatable bonds is 3. The zero-order chi connectivity index (χ0) is 11.5. The molecule has 0 N–H and O–H groups in total. The molecule has 1 aliphatic rings. The number of halogens is 1. The number of hydrogen-bond donors (Lipinski definition) is 0. The molecule has 2 nitrogen and oxygen atoms in total. The van der Waals surface area contributed by atoms with Gasteiger partial charge in [0.15, 0.2) is 5.78 Å². The lowest BCUT2D eigenvalue weighted by atomic mass is 9.76. The van der Waals surface area contributed by atoms with Crippen LogP contribution in [0.5, 0.6) is 0 Å². The summed E-state index contributed by atoms with van der Waals surface area (Å²) < 4.78 is 13.5. The van der Waals surface area contributed by atoms with E-state index >= 15 is 0 Å². The fourth-order valence-corrected chi connectivity index (χ4v) is 1.92. The monoisotopic (exact) mass is 217 g/mol. The van der Waals surface area contributed by atoms with Crippen LogP contribution in [-0.2, 0) is 4.79 Å². The predicted octanol–water partition coefficient (Wildman–Crippen LogP) is 2.80. The van der Waals surface area contributed by atoms with Crippen molar-refractivity contribution in [2.45, 2.75) is 25.2 Å². The Hall–Kier alpha value is -1.69. The number of Topliss-reactive ketones (excluding diaryl/α,β-unsaturated/α-hetero) is 1. The van der Waals surface area contributed by atoms with Crippen LogP contribution < -0.4 is 0 Å². The molecule has 0 aromatic heterocycles. The van der Waals surface area contributed by atoms with Crippen molar-refractivity contribution in [1.29, 1.82) is 5.26 Å². The van der Waals surface area contributed by atoms with Crippen LogP contribution in [-0.4, -0.2) is 5.78 Å². The average Bonchev–Trinajstić information content (AvgIpc) is 2.19. The van der Waals surface area contributed by atoms with E-state index in [0.29, 0.717) is 0 Å². The quantitative estimate of drug-likeness (QED) is 0.781. The van der Waals surface area contributed by atoms with E-state index in [2.05, 4.69) is 0 Å². The highest BCUT2D eigenvalue weighted by atomic mass is 19.1. The highest BCUT2D eigenvalue weighted by molar-refractivity contribution is 5.90. The Labute approximate surface area is 93.7 Å². The zero-order valence-corrected chi connectivity index (χ0v) is 8.82. The van der Waals surface area contributed by atoms with Crippen LogP contribution >= 0.6 is 0 Å². The van der Waals surface area contributed by atoms with Gasteiger partial charge in [-0.2, -0.15) is 5.26 Å². The first-order valence-corrected chi connectivity index (χ1v) is 5.42. The first-order chi connectivity index (χ1) is 7.74. The molecule has 1 unspecified atom stereocenters. The minimum Gasteiger partial charge on any atom is -0.298 e. The van der Waals surface area contributed by atoms with E-state index in [9.17, 15) is 9.18 Å². The Kier molecular flexibility index (Phi) is 3.00. The van der Waals surface area contributed by atoms with Gasteiger partial charge < -0.3 is 0 Å². The minimum absolute atomic E-state index is 0.0377. The Morgan fingerprint density at radius 3 is 2.62 bits per heavy atom. The minimum atomic E-state index is -0.938. The van der Waals surface area contributed by atoms with Gasteiger partial charge in [0, 0.05) is 11.5 Å². The predicted molar refractivity (Wildman–Crippen MR) is 57.1 cm³/mol. The van der Waals surface area contributed by atoms with Crippen molar-refractivity contribution in [3.8, 4) is 6.07 Å². The van der Waals surface area contributed by atoms with Crippen LogP contribution in [0.4, 0.5) is 4.39 Å². The lowest BCUT2D eigenvalue weighted by Crippen LogP contribution is -2.27. The van der Waals surface area contributed by atoms with Gasteiger partial charge in [-0.3, -0.25) is 4.79 Å². The topological polar surface area (TPSA) is 40.9 Å². The second-order valence-corrected chi connectivity index (χ2v) is 4.11. The number of benzene rings is 1. The molecule has 1 atom stereocenters. The molecule has 82 valence electrons. The van der Waals surface area contributed by atoms with Crippen LogP contribution in [0.15, 0.2) is 24.3 Å². The lowest BCUT2D eigenvalue weighted by molar-refractivity contribution is -0.125. The SMILES string of the molecule is N#CC(C(=O)C1CCC1)c1ccccc1F. The molecule has 1 saturated carbocycles. The van der Waals surface area contributed by atoms with E-state index in [1.807, 2.05) is 6.07 Å². The van der Waals surface area contributed by atoms with Crippen molar-refractivity contribution >= 4 is 5.78 Å². The van der Waals surface area contributed by atoms with Gasteiger partial charge in [0.1, 0.15) is 11.7 Å². The summed E-state index contributed by atoms with van der Waals surface area (Å²) in [5.41, 5.74) is 0.210. The van der Waals surface area contributed by atoms with Gasteiger partial charge in [0.25, 0.3) is 0 Å². The zero-order valence-electron chi connectivity index (χ0n) is 8.82. The molecule has 1 fully saturated rings. The number of carbonyl (C=O) groups excluding carboxylic acids is 1. The van der Waals surface area contributed by atoms with Crippen molar-refractivity contribution in [2.24, 2.45) is 5.92 Å². The van der Waals surface area contributed by atoms with E-state index in [4.69, 9.17) is 5.26 Å². The summed E-state index contributed by atoms with van der Waals surface area (Å²) in [6.45, 7) is 0. The van der Waals surface area contributed by atoms with Gasteiger partial charge in [-0.05, 0) is 18.9 Å². The summed E-state index contributed by atoms with van der Waals surface area (Å²) in [7, 11) is 0. The summed E-state index contributed by atoms with van der Waals surface area (Å²) >= 11 is 0. The first kappa shape index (κ1) is 10.8. The second kappa shape index (κ2) is 4.44. The Morgan fingerprint density at radius 1 is 1.44 bits per heavy atom. The molecule has 2 rings (SSSR count). The number of hydrogen-bond acceptors (Lipinski definition) is 2. The van der Waals surface area contributed by atoms with Gasteiger partial charge in [-0.25, -0.2) is 4.39 Å². The molecule has 1 aromatic rings. The molecule has 0 radical (unpaired) electrons. The van der Waals surface area contributed by atoms with E-state index in [1.54, 1.807) is 12.1 Å². The van der Waals surface area contributed by atoms with E-state index in [0.717, 1.165) is 19.3 Å². The average molecular weight is 217 g/mol. The summed E-state index contributed by atoms with van der Waals surface area (Å²) in [5.74, 6) is -1.57. The Bertz CT molecular complexity index is 445. The maximum Gasteiger partial charge on any atom is 0.157 e. The van der Waals surface area contributed by atoms with E-state index in [-0.39, 0.29) is 17.3 Å². The van der Waals surface area contributed by atoms with Crippen molar-refractivity contribution in [1.82, 2.24) is 0 Å². The molecule has 0 spiro atoms. The van der Waals surface area contributed by atoms with Crippen LogP contribution in [0, 0.1) is 23.1 Å². The fourth-order valence-electron chi connectivity index (χ4n) is 1.92. The maximum atomic E-state index is 13.5. The van der Waals surface area contributed by atoms with Gasteiger partial charge in [-0.1, -0.05) is 24.6 Å². The molecule has 0 saturated heterocycles. The van der Waals surface area contributed by atoms with Gasteiger partial charge in [0.05, 0.1) is 6.07 Å². The van der Waals surface area contributed by atoms with Crippen molar-refractivity contribution in [3.05, 3.63) is 35.6 Å². The first-order valence-electron chi connectivity index (χ1n) is 5.42. The molecule has 1 aromatic carbocycles. The molecule has 1 aliphatic carbocycles. The molecule has 0 aliphatic heterocycles. The van der Waals surface area contributed by atoms with Crippen LogP contribution in [0.2, 0.25) is 0 Å². The molecule has 0 amide bonds. The van der Waals surface area contributed by atoms with Gasteiger partial charge >= 0.3 is 0 Å². The highest BCUT2D eigenvalue weighted by Crippen LogP contribution is 2.33. The molecule has 0 heterocycles. The van der Waals surface area contributed by atoms with Gasteiger partial charge in [-0.15, -0.1) is 0 Å². The standard InChI is InChI=1S/C13H12FNO/c14-12-7-2-1-6-10(12)11(8-15)13(16)9-4-3-5-9/h1-2,6-7,9,11H,3-5H2. The highest BCUT2D eigenvalue weighted by Gasteiger charge is 2.33. The van der Waals surface area contributed by atoms with Crippen molar-refractivity contribution < 1.29 is 9.18 Å². The van der Waals surface area contributed by atoms with Gasteiger partial charge in [0.2, 0.25) is 0 Å². The summed E-state index contributed by atoms with van der Waals surface area (Å²) in [4.78, 5) is 11.9. The lowest BCUT2D eigenvalue weighted by Gasteiger charge is -2.25. The summed E-state index contributed by atoms with van der Waals surface area (Å²) in [5, 5.41) is 9.01. The smallest absolute Gasteiger partial charge is 0.157 e. The number of ketones is 1. The van der Waals surface area contributed by atoms with Crippen LogP contribution in [0.1, 0.15) is 30.7 Å². The molecular weight excluding hydrogens is 205 g/mol. The number of carbonyl (C=O) groups is 1. The van der Waals surface area contributed by atoms with Crippen molar-refractivity contribution in [2.75, 3.05) is 0 Å². The van der Waals surface area contributed by atoms with Crippen molar-refractivity contribution in [3.63, 3.8) is 0 Å². The third-order valence-electron chi connectivity index (χ3n) is 3.14. The van der Waals surface area contributed by atoms with Crippen LogP contribution in [0.3, 0.4) is 0 Å². The van der Waals surface area contributed by atoms with Crippen LogP contribution in [0.25, 0.3) is 0 Å². The molecule has 0 bridgehead atoms. The number of nitrogens with zero attached hydrogens (tertiary/aromatic N) is 1. The third-order valence-corrected chi connectivity index (χ3v) is 3.14. The normalized spacial score (nSPS) is 17.2.